The normalized spacial score (nSPS) is 10.1. The van der Waals surface area contributed by atoms with Crippen molar-refractivity contribution in [3.8, 4) is 17.2 Å². The van der Waals surface area contributed by atoms with Crippen molar-refractivity contribution in [3.63, 3.8) is 0 Å². The minimum atomic E-state index is 0.439. The van der Waals surface area contributed by atoms with Crippen LogP contribution in [-0.2, 0) is 0 Å². The standard InChI is InChI=1S/C9H7ClN2O2/c1-13-8-3-2-6(4-7(8)10)9-12-11-5-14-9/h2-5H,1H3. The molecule has 0 aliphatic carbocycles. The average Bonchev–Trinajstić information content (AvgIpc) is 2.70. The van der Waals surface area contributed by atoms with Gasteiger partial charge in [-0.15, -0.1) is 10.2 Å². The number of hydrogen-bond acceptors (Lipinski definition) is 4. The first-order valence-electron chi connectivity index (χ1n) is 3.91. The first-order valence-corrected chi connectivity index (χ1v) is 4.29. The van der Waals surface area contributed by atoms with Crippen LogP contribution in [0.2, 0.25) is 5.02 Å². The molecule has 2 rings (SSSR count). The second kappa shape index (κ2) is 3.67. The van der Waals surface area contributed by atoms with Crippen LogP contribution in [0.1, 0.15) is 0 Å². The van der Waals surface area contributed by atoms with Gasteiger partial charge >= 0.3 is 0 Å². The number of benzene rings is 1. The molecule has 0 fully saturated rings. The van der Waals surface area contributed by atoms with E-state index in [2.05, 4.69) is 10.2 Å². The van der Waals surface area contributed by atoms with E-state index in [0.29, 0.717) is 16.7 Å². The lowest BCUT2D eigenvalue weighted by atomic mass is 10.2. The smallest absolute Gasteiger partial charge is 0.247 e. The van der Waals surface area contributed by atoms with Crippen molar-refractivity contribution in [1.82, 2.24) is 10.2 Å². The fourth-order valence-corrected chi connectivity index (χ4v) is 1.36. The zero-order chi connectivity index (χ0) is 9.97. The molecule has 0 aliphatic heterocycles. The van der Waals surface area contributed by atoms with Crippen LogP contribution < -0.4 is 4.74 Å². The maximum atomic E-state index is 5.93. The van der Waals surface area contributed by atoms with E-state index in [1.165, 1.54) is 6.39 Å². The molecule has 72 valence electrons. The van der Waals surface area contributed by atoms with Gasteiger partial charge in [-0.1, -0.05) is 11.6 Å². The van der Waals surface area contributed by atoms with Gasteiger partial charge in [0, 0.05) is 5.56 Å². The molecule has 5 heteroatoms. The van der Waals surface area contributed by atoms with Gasteiger partial charge in [-0.05, 0) is 18.2 Å². The van der Waals surface area contributed by atoms with Gasteiger partial charge in [0.1, 0.15) is 5.75 Å². The Morgan fingerprint density at radius 3 is 2.86 bits per heavy atom. The summed E-state index contributed by atoms with van der Waals surface area (Å²) in [6.45, 7) is 0. The van der Waals surface area contributed by atoms with Gasteiger partial charge < -0.3 is 9.15 Å². The van der Waals surface area contributed by atoms with Gasteiger partial charge in [0.2, 0.25) is 12.3 Å². The Balaban J connectivity index is 2.43. The zero-order valence-corrected chi connectivity index (χ0v) is 8.15. The molecule has 1 heterocycles. The predicted octanol–water partition coefficient (Wildman–Crippen LogP) is 2.40. The van der Waals surface area contributed by atoms with Crippen LogP contribution in [0.5, 0.6) is 5.75 Å². The third-order valence-corrected chi connectivity index (χ3v) is 2.05. The summed E-state index contributed by atoms with van der Waals surface area (Å²) in [7, 11) is 1.56. The SMILES string of the molecule is COc1ccc(-c2nnco2)cc1Cl. The maximum Gasteiger partial charge on any atom is 0.247 e. The molecule has 0 saturated carbocycles. The van der Waals surface area contributed by atoms with Gasteiger partial charge in [0.25, 0.3) is 0 Å². The van der Waals surface area contributed by atoms with Crippen molar-refractivity contribution in [1.29, 1.82) is 0 Å². The molecule has 0 aliphatic rings. The van der Waals surface area contributed by atoms with Gasteiger partial charge in [0.05, 0.1) is 12.1 Å². The highest BCUT2D eigenvalue weighted by Crippen LogP contribution is 2.28. The number of nitrogens with zero attached hydrogens (tertiary/aromatic N) is 2. The van der Waals surface area contributed by atoms with Gasteiger partial charge in [-0.3, -0.25) is 0 Å². The predicted molar refractivity (Wildman–Crippen MR) is 51.3 cm³/mol. The van der Waals surface area contributed by atoms with E-state index in [4.69, 9.17) is 20.8 Å². The summed E-state index contributed by atoms with van der Waals surface area (Å²) in [6.07, 6.45) is 1.27. The summed E-state index contributed by atoms with van der Waals surface area (Å²) in [4.78, 5) is 0. The van der Waals surface area contributed by atoms with Crippen LogP contribution in [-0.4, -0.2) is 17.3 Å². The van der Waals surface area contributed by atoms with E-state index in [0.717, 1.165) is 5.56 Å². The number of methoxy groups -OCH3 is 1. The van der Waals surface area contributed by atoms with Crippen molar-refractivity contribution >= 4 is 11.6 Å². The van der Waals surface area contributed by atoms with Crippen molar-refractivity contribution in [2.24, 2.45) is 0 Å². The lowest BCUT2D eigenvalue weighted by molar-refractivity contribution is 0.415. The monoisotopic (exact) mass is 210 g/mol. The van der Waals surface area contributed by atoms with Crippen molar-refractivity contribution in [2.75, 3.05) is 7.11 Å². The van der Waals surface area contributed by atoms with E-state index >= 15 is 0 Å². The fraction of sp³-hybridized carbons (Fsp3) is 0.111. The van der Waals surface area contributed by atoms with Crippen molar-refractivity contribution < 1.29 is 9.15 Å². The highest BCUT2D eigenvalue weighted by atomic mass is 35.5. The molecule has 0 radical (unpaired) electrons. The van der Waals surface area contributed by atoms with Gasteiger partial charge in [-0.2, -0.15) is 0 Å². The van der Waals surface area contributed by atoms with Gasteiger partial charge in [-0.25, -0.2) is 0 Å². The summed E-state index contributed by atoms with van der Waals surface area (Å²) in [5.41, 5.74) is 0.772. The highest BCUT2D eigenvalue weighted by molar-refractivity contribution is 6.32. The minimum Gasteiger partial charge on any atom is -0.495 e. The Morgan fingerprint density at radius 2 is 2.29 bits per heavy atom. The number of hydrogen-bond donors (Lipinski definition) is 0. The lowest BCUT2D eigenvalue weighted by Gasteiger charge is -2.02. The number of rotatable bonds is 2. The molecule has 0 unspecified atom stereocenters. The summed E-state index contributed by atoms with van der Waals surface area (Å²) < 4.78 is 10.0. The Labute approximate surface area is 85.5 Å². The molecule has 0 N–H and O–H groups in total. The molecule has 1 aromatic carbocycles. The van der Waals surface area contributed by atoms with Crippen LogP contribution in [0.4, 0.5) is 0 Å². The van der Waals surface area contributed by atoms with Crippen molar-refractivity contribution in [3.05, 3.63) is 29.6 Å². The van der Waals surface area contributed by atoms with Crippen LogP contribution in [0, 0.1) is 0 Å². The number of ether oxygens (including phenoxy) is 1. The summed E-state index contributed by atoms with van der Waals surface area (Å²) in [6, 6.07) is 5.27. The van der Waals surface area contributed by atoms with Crippen LogP contribution in [0.25, 0.3) is 11.5 Å². The van der Waals surface area contributed by atoms with E-state index in [1.54, 1.807) is 25.3 Å². The van der Waals surface area contributed by atoms with Crippen LogP contribution in [0.15, 0.2) is 29.0 Å². The highest BCUT2D eigenvalue weighted by Gasteiger charge is 2.06. The maximum absolute atomic E-state index is 5.93. The molecule has 0 atom stereocenters. The fourth-order valence-electron chi connectivity index (χ4n) is 1.10. The Bertz CT molecular complexity index is 428. The second-order valence-corrected chi connectivity index (χ2v) is 3.00. The molecule has 0 bridgehead atoms. The average molecular weight is 211 g/mol. The Kier molecular flexibility index (Phi) is 2.37. The Hall–Kier alpha value is -1.55. The van der Waals surface area contributed by atoms with Crippen molar-refractivity contribution in [2.45, 2.75) is 0 Å². The summed E-state index contributed by atoms with van der Waals surface area (Å²) in [5, 5.41) is 7.86. The van der Waals surface area contributed by atoms with E-state index in [-0.39, 0.29) is 0 Å². The minimum absolute atomic E-state index is 0.439. The first-order chi connectivity index (χ1) is 6.81. The molecular formula is C9H7ClN2O2. The number of halogens is 1. The van der Waals surface area contributed by atoms with Crippen LogP contribution >= 0.6 is 11.6 Å². The largest absolute Gasteiger partial charge is 0.495 e. The Morgan fingerprint density at radius 1 is 1.43 bits per heavy atom. The summed E-state index contributed by atoms with van der Waals surface area (Å²) in [5.74, 6) is 1.06. The number of aromatic nitrogens is 2. The molecule has 2 aromatic rings. The third-order valence-electron chi connectivity index (χ3n) is 1.76. The zero-order valence-electron chi connectivity index (χ0n) is 7.40. The molecule has 0 spiro atoms. The third kappa shape index (κ3) is 1.56. The van der Waals surface area contributed by atoms with Gasteiger partial charge in [0.15, 0.2) is 0 Å². The summed E-state index contributed by atoms with van der Waals surface area (Å²) >= 11 is 5.93. The lowest BCUT2D eigenvalue weighted by Crippen LogP contribution is -1.85. The molecule has 14 heavy (non-hydrogen) atoms. The second-order valence-electron chi connectivity index (χ2n) is 2.59. The van der Waals surface area contributed by atoms with E-state index < -0.39 is 0 Å². The van der Waals surface area contributed by atoms with E-state index in [1.807, 2.05) is 0 Å². The molecule has 0 saturated heterocycles. The van der Waals surface area contributed by atoms with E-state index in [9.17, 15) is 0 Å². The molecular weight excluding hydrogens is 204 g/mol. The molecule has 1 aromatic heterocycles. The topological polar surface area (TPSA) is 48.2 Å². The first kappa shape index (κ1) is 9.02. The molecule has 4 nitrogen and oxygen atoms in total. The van der Waals surface area contributed by atoms with Crippen LogP contribution in [0.3, 0.4) is 0 Å². The quantitative estimate of drug-likeness (QED) is 0.764. The molecule has 0 amide bonds.